The van der Waals surface area contributed by atoms with Crippen molar-refractivity contribution in [2.45, 2.75) is 0 Å². The molecule has 0 aliphatic rings. The molecule has 0 heterocycles. The minimum atomic E-state index is 0.235. The lowest BCUT2D eigenvalue weighted by Gasteiger charge is -2.20. The number of phenols is 1. The van der Waals surface area contributed by atoms with Gasteiger partial charge in [-0.25, -0.2) is 0 Å². The van der Waals surface area contributed by atoms with E-state index in [2.05, 4.69) is 0 Å². The van der Waals surface area contributed by atoms with E-state index in [1.165, 1.54) is 0 Å². The van der Waals surface area contributed by atoms with Gasteiger partial charge < -0.3 is 15.7 Å². The van der Waals surface area contributed by atoms with E-state index in [0.717, 1.165) is 11.4 Å². The van der Waals surface area contributed by atoms with Crippen LogP contribution in [0.25, 0.3) is 0 Å². The first-order valence-corrected chi connectivity index (χ1v) is 6.40. The number of hydrogen-bond donors (Lipinski definition) is 2. The Morgan fingerprint density at radius 3 is 2.26 bits per heavy atom. The molecule has 0 fully saturated rings. The molecule has 0 spiro atoms. The fraction of sp³-hybridized carbons (Fsp3) is 0.0714. The topological polar surface area (TPSA) is 49.5 Å². The van der Waals surface area contributed by atoms with Gasteiger partial charge in [-0.1, -0.05) is 23.8 Å². The van der Waals surface area contributed by atoms with Crippen LogP contribution in [0.1, 0.15) is 5.56 Å². The van der Waals surface area contributed by atoms with Crippen LogP contribution >= 0.6 is 23.8 Å². The molecule has 0 saturated heterocycles. The van der Waals surface area contributed by atoms with Crippen LogP contribution in [-0.2, 0) is 0 Å². The first-order valence-electron chi connectivity index (χ1n) is 5.61. The van der Waals surface area contributed by atoms with E-state index in [9.17, 15) is 5.11 Å². The van der Waals surface area contributed by atoms with Crippen LogP contribution in [0.2, 0.25) is 5.02 Å². The minimum absolute atomic E-state index is 0.235. The van der Waals surface area contributed by atoms with Crippen LogP contribution in [0.15, 0.2) is 42.5 Å². The first kappa shape index (κ1) is 13.6. The van der Waals surface area contributed by atoms with Crippen molar-refractivity contribution < 1.29 is 5.11 Å². The fourth-order valence-corrected chi connectivity index (χ4v) is 2.25. The fourth-order valence-electron chi connectivity index (χ4n) is 1.74. The first-order chi connectivity index (χ1) is 8.99. The standard InChI is InChI=1S/C14H13ClN2OS/c1-17(9-2-5-11(18)6-3-9)10-4-7-12(14(16)19)13(15)8-10/h2-8,18H,1H3,(H2,16,19). The summed E-state index contributed by atoms with van der Waals surface area (Å²) in [6.07, 6.45) is 0. The smallest absolute Gasteiger partial charge is 0.115 e. The molecular weight excluding hydrogens is 280 g/mol. The van der Waals surface area contributed by atoms with Crippen molar-refractivity contribution in [3.63, 3.8) is 0 Å². The lowest BCUT2D eigenvalue weighted by molar-refractivity contribution is 0.475. The quantitative estimate of drug-likeness (QED) is 0.851. The third-order valence-electron chi connectivity index (χ3n) is 2.84. The van der Waals surface area contributed by atoms with Gasteiger partial charge in [-0.15, -0.1) is 0 Å². The van der Waals surface area contributed by atoms with Gasteiger partial charge in [0.15, 0.2) is 0 Å². The summed E-state index contributed by atoms with van der Waals surface area (Å²) in [5.74, 6) is 0.235. The van der Waals surface area contributed by atoms with Crippen molar-refractivity contribution in [3.05, 3.63) is 53.1 Å². The monoisotopic (exact) mass is 292 g/mol. The van der Waals surface area contributed by atoms with Crippen LogP contribution < -0.4 is 10.6 Å². The van der Waals surface area contributed by atoms with Gasteiger partial charge in [0.1, 0.15) is 10.7 Å². The predicted octanol–water partition coefficient (Wildman–Crippen LogP) is 3.45. The minimum Gasteiger partial charge on any atom is -0.508 e. The molecule has 0 unspecified atom stereocenters. The number of halogens is 1. The highest BCUT2D eigenvalue weighted by atomic mass is 35.5. The highest BCUT2D eigenvalue weighted by Crippen LogP contribution is 2.28. The second-order valence-corrected chi connectivity index (χ2v) is 4.95. The SMILES string of the molecule is CN(c1ccc(O)cc1)c1ccc(C(N)=S)c(Cl)c1. The van der Waals surface area contributed by atoms with Crippen molar-refractivity contribution in [1.82, 2.24) is 0 Å². The molecule has 5 heteroatoms. The number of phenolic OH excluding ortho intramolecular Hbond substituents is 1. The normalized spacial score (nSPS) is 10.2. The molecule has 2 aromatic carbocycles. The number of benzene rings is 2. The van der Waals surface area contributed by atoms with Crippen LogP contribution in [0.4, 0.5) is 11.4 Å². The Hall–Kier alpha value is -1.78. The van der Waals surface area contributed by atoms with E-state index in [4.69, 9.17) is 29.6 Å². The maximum Gasteiger partial charge on any atom is 0.115 e. The van der Waals surface area contributed by atoms with Crippen molar-refractivity contribution in [1.29, 1.82) is 0 Å². The molecule has 3 N–H and O–H groups in total. The molecule has 19 heavy (non-hydrogen) atoms. The zero-order valence-corrected chi connectivity index (χ0v) is 11.9. The van der Waals surface area contributed by atoms with Crippen LogP contribution in [-0.4, -0.2) is 17.1 Å². The summed E-state index contributed by atoms with van der Waals surface area (Å²) in [7, 11) is 1.92. The average molecular weight is 293 g/mol. The Balaban J connectivity index is 2.34. The van der Waals surface area contributed by atoms with Gasteiger partial charge >= 0.3 is 0 Å². The maximum absolute atomic E-state index is 9.28. The Kier molecular flexibility index (Phi) is 3.93. The lowest BCUT2D eigenvalue weighted by Crippen LogP contribution is -2.12. The summed E-state index contributed by atoms with van der Waals surface area (Å²) < 4.78 is 0. The van der Waals surface area contributed by atoms with Crippen LogP contribution in [0.3, 0.4) is 0 Å². The third-order valence-corrected chi connectivity index (χ3v) is 3.38. The average Bonchev–Trinajstić information content (AvgIpc) is 2.38. The van der Waals surface area contributed by atoms with Gasteiger partial charge in [-0.05, 0) is 42.5 Å². The molecule has 0 aromatic heterocycles. The van der Waals surface area contributed by atoms with Gasteiger partial charge in [0.05, 0.1) is 5.02 Å². The van der Waals surface area contributed by atoms with E-state index in [1.807, 2.05) is 36.2 Å². The molecule has 0 saturated carbocycles. The number of nitrogens with two attached hydrogens (primary N) is 1. The number of nitrogens with zero attached hydrogens (tertiary/aromatic N) is 1. The Morgan fingerprint density at radius 1 is 1.16 bits per heavy atom. The second kappa shape index (κ2) is 5.47. The van der Waals surface area contributed by atoms with E-state index >= 15 is 0 Å². The summed E-state index contributed by atoms with van der Waals surface area (Å²) in [5, 5.41) is 9.81. The molecule has 0 aliphatic heterocycles. The molecule has 0 bridgehead atoms. The summed E-state index contributed by atoms with van der Waals surface area (Å²) in [5.41, 5.74) is 8.09. The van der Waals surface area contributed by atoms with Gasteiger partial charge in [0.2, 0.25) is 0 Å². The Morgan fingerprint density at radius 2 is 1.74 bits per heavy atom. The number of hydrogen-bond acceptors (Lipinski definition) is 3. The van der Waals surface area contributed by atoms with Crippen molar-refractivity contribution >= 4 is 40.2 Å². The number of thiocarbonyl (C=S) groups is 1. The van der Waals surface area contributed by atoms with Gasteiger partial charge in [0, 0.05) is 24.0 Å². The highest BCUT2D eigenvalue weighted by Gasteiger charge is 2.08. The highest BCUT2D eigenvalue weighted by molar-refractivity contribution is 7.80. The van der Waals surface area contributed by atoms with Crippen LogP contribution in [0, 0.1) is 0 Å². The van der Waals surface area contributed by atoms with Crippen molar-refractivity contribution in [3.8, 4) is 5.75 Å². The largest absolute Gasteiger partial charge is 0.508 e. The third kappa shape index (κ3) is 2.97. The Bertz CT molecular complexity index is 613. The van der Waals surface area contributed by atoms with Crippen LogP contribution in [0.5, 0.6) is 5.75 Å². The molecule has 0 aliphatic carbocycles. The van der Waals surface area contributed by atoms with Gasteiger partial charge in [-0.3, -0.25) is 0 Å². The van der Waals surface area contributed by atoms with Gasteiger partial charge in [0.25, 0.3) is 0 Å². The number of anilines is 2. The Labute approximate surface area is 122 Å². The zero-order valence-electron chi connectivity index (χ0n) is 10.3. The molecule has 3 nitrogen and oxygen atoms in total. The van der Waals surface area contributed by atoms with Crippen molar-refractivity contribution in [2.75, 3.05) is 11.9 Å². The van der Waals surface area contributed by atoms with E-state index in [-0.39, 0.29) is 10.7 Å². The van der Waals surface area contributed by atoms with Crippen molar-refractivity contribution in [2.24, 2.45) is 5.73 Å². The second-order valence-electron chi connectivity index (χ2n) is 4.10. The lowest BCUT2D eigenvalue weighted by atomic mass is 10.2. The summed E-state index contributed by atoms with van der Waals surface area (Å²) in [4.78, 5) is 2.23. The summed E-state index contributed by atoms with van der Waals surface area (Å²) in [6.45, 7) is 0. The molecular formula is C14H13ClN2OS. The number of rotatable bonds is 3. The van der Waals surface area contributed by atoms with E-state index < -0.39 is 0 Å². The molecule has 0 radical (unpaired) electrons. The zero-order chi connectivity index (χ0) is 14.0. The molecule has 98 valence electrons. The van der Waals surface area contributed by atoms with E-state index in [1.54, 1.807) is 18.2 Å². The molecule has 0 amide bonds. The van der Waals surface area contributed by atoms with E-state index in [0.29, 0.717) is 10.6 Å². The summed E-state index contributed by atoms with van der Waals surface area (Å²) in [6, 6.07) is 12.4. The summed E-state index contributed by atoms with van der Waals surface area (Å²) >= 11 is 11.1. The predicted molar refractivity (Wildman–Crippen MR) is 83.5 cm³/mol. The maximum atomic E-state index is 9.28. The molecule has 0 atom stereocenters. The molecule has 2 rings (SSSR count). The molecule has 2 aromatic rings. The number of aromatic hydroxyl groups is 1. The van der Waals surface area contributed by atoms with Gasteiger partial charge in [-0.2, -0.15) is 0 Å².